The molecule has 0 spiro atoms. The van der Waals surface area contributed by atoms with E-state index in [-0.39, 0.29) is 11.9 Å². The van der Waals surface area contributed by atoms with E-state index in [2.05, 4.69) is 23.0 Å². The van der Waals surface area contributed by atoms with Crippen molar-refractivity contribution in [3.63, 3.8) is 0 Å². The molecule has 0 bridgehead atoms. The number of nitrogen functional groups attached to an aromatic ring is 1. The summed E-state index contributed by atoms with van der Waals surface area (Å²) in [5.74, 6) is 0.519. The number of ether oxygens (including phenoxy) is 1. The lowest BCUT2D eigenvalue weighted by Gasteiger charge is -2.33. The summed E-state index contributed by atoms with van der Waals surface area (Å²) in [5.41, 5.74) is 5.29. The van der Waals surface area contributed by atoms with E-state index in [1.807, 2.05) is 19.9 Å². The molecule has 0 unspecified atom stereocenters. The van der Waals surface area contributed by atoms with Crippen LogP contribution in [0.25, 0.3) is 0 Å². The Labute approximate surface area is 152 Å². The van der Waals surface area contributed by atoms with Crippen LogP contribution in [0.1, 0.15) is 26.7 Å². The summed E-state index contributed by atoms with van der Waals surface area (Å²) in [6.45, 7) is 11.9. The minimum Gasteiger partial charge on any atom is -0.490 e. The minimum absolute atomic E-state index is 0.276. The average Bonchev–Trinajstić information content (AvgIpc) is 2.63. The van der Waals surface area contributed by atoms with Gasteiger partial charge in [0.05, 0.1) is 17.5 Å². The number of nitrogens with zero attached hydrogens (tertiary/aromatic N) is 2. The first-order chi connectivity index (χ1) is 12.3. The number of rotatable bonds is 5. The van der Waals surface area contributed by atoms with Crippen LogP contribution in [-0.4, -0.2) is 30.4 Å². The predicted molar refractivity (Wildman–Crippen MR) is 99.8 cm³/mol. The highest BCUT2D eigenvalue weighted by molar-refractivity contribution is 5.46. The van der Waals surface area contributed by atoms with Crippen LogP contribution in [0.15, 0.2) is 55.0 Å². The number of hydrogen-bond donors (Lipinski definition) is 1. The molecule has 1 aromatic heterocycles. The lowest BCUT2D eigenvalue weighted by atomic mass is 10.1. The molecule has 0 radical (unpaired) electrons. The van der Waals surface area contributed by atoms with Crippen molar-refractivity contribution in [3.05, 3.63) is 55.0 Å². The third-order valence-corrected chi connectivity index (χ3v) is 3.79. The molecule has 2 heterocycles. The van der Waals surface area contributed by atoms with Crippen LogP contribution in [0, 0.1) is 0 Å². The van der Waals surface area contributed by atoms with Gasteiger partial charge in [-0.05, 0) is 18.2 Å². The number of hydrogen-bond acceptors (Lipinski definition) is 4. The van der Waals surface area contributed by atoms with Crippen molar-refractivity contribution in [2.75, 3.05) is 23.7 Å². The SMILES string of the molecule is C=C/C(OC1CCN(c2ccc(N)cn2)CC1)=C(\C=C)C(F)(F)F.CC. The maximum absolute atomic E-state index is 12.9. The zero-order valence-corrected chi connectivity index (χ0v) is 15.2. The molecular formula is C19H26F3N3O. The molecule has 2 N–H and O–H groups in total. The molecule has 0 aliphatic carbocycles. The molecular weight excluding hydrogens is 343 g/mol. The molecule has 4 nitrogen and oxygen atoms in total. The van der Waals surface area contributed by atoms with Gasteiger partial charge >= 0.3 is 6.18 Å². The highest BCUT2D eigenvalue weighted by Gasteiger charge is 2.35. The van der Waals surface area contributed by atoms with Crippen LogP contribution in [0.2, 0.25) is 0 Å². The fraction of sp³-hybridized carbons (Fsp3) is 0.421. The van der Waals surface area contributed by atoms with Crippen LogP contribution in [0.4, 0.5) is 24.7 Å². The Hall–Kier alpha value is -2.44. The van der Waals surface area contributed by atoms with E-state index in [0.717, 1.165) is 18.0 Å². The van der Waals surface area contributed by atoms with Gasteiger partial charge in [0.15, 0.2) is 0 Å². The lowest BCUT2D eigenvalue weighted by Crippen LogP contribution is -2.37. The first-order valence-electron chi connectivity index (χ1n) is 8.54. The maximum atomic E-state index is 12.9. The topological polar surface area (TPSA) is 51.4 Å². The second-order valence-corrected chi connectivity index (χ2v) is 5.44. The molecule has 144 valence electrons. The summed E-state index contributed by atoms with van der Waals surface area (Å²) in [4.78, 5) is 6.30. The Morgan fingerprint density at radius 2 is 1.85 bits per heavy atom. The van der Waals surface area contributed by atoms with Gasteiger partial charge in [-0.2, -0.15) is 13.2 Å². The molecule has 0 saturated carbocycles. The summed E-state index contributed by atoms with van der Waals surface area (Å²) in [6.07, 6.45) is -0.226. The second-order valence-electron chi connectivity index (χ2n) is 5.44. The van der Waals surface area contributed by atoms with Gasteiger partial charge in [-0.15, -0.1) is 0 Å². The van der Waals surface area contributed by atoms with E-state index < -0.39 is 11.7 Å². The number of aromatic nitrogens is 1. The summed E-state index contributed by atoms with van der Waals surface area (Å²) < 4.78 is 44.4. The Morgan fingerprint density at radius 1 is 1.23 bits per heavy atom. The first kappa shape index (κ1) is 21.6. The van der Waals surface area contributed by atoms with Crippen molar-refractivity contribution >= 4 is 11.5 Å². The Balaban J connectivity index is 0.00000163. The van der Waals surface area contributed by atoms with Crippen molar-refractivity contribution in [3.8, 4) is 0 Å². The zero-order chi connectivity index (χ0) is 19.7. The van der Waals surface area contributed by atoms with Gasteiger partial charge in [-0.1, -0.05) is 33.1 Å². The van der Waals surface area contributed by atoms with Crippen LogP contribution in [0.3, 0.4) is 0 Å². The van der Waals surface area contributed by atoms with Crippen LogP contribution >= 0.6 is 0 Å². The van der Waals surface area contributed by atoms with E-state index in [0.29, 0.717) is 31.6 Å². The number of anilines is 2. The standard InChI is InChI=1S/C17H20F3N3O.C2H6/c1-3-14(17(18,19)20)15(4-2)24-13-7-9-23(10-8-13)16-6-5-12(21)11-22-16;1-2/h3-6,11,13H,1-2,7-10,21H2;1-2H3/b15-14-;. The largest absolute Gasteiger partial charge is 0.490 e. The summed E-state index contributed by atoms with van der Waals surface area (Å²) in [6, 6.07) is 3.59. The molecule has 26 heavy (non-hydrogen) atoms. The molecule has 7 heteroatoms. The number of nitrogens with two attached hydrogens (primary N) is 1. The molecule has 1 fully saturated rings. The Morgan fingerprint density at radius 3 is 2.27 bits per heavy atom. The smallest absolute Gasteiger partial charge is 0.419 e. The van der Waals surface area contributed by atoms with Gasteiger partial charge < -0.3 is 15.4 Å². The normalized spacial score (nSPS) is 16.1. The number of halogens is 3. The molecule has 1 aromatic rings. The number of pyridine rings is 1. The molecule has 2 rings (SSSR count). The monoisotopic (exact) mass is 369 g/mol. The number of allylic oxidation sites excluding steroid dienone is 3. The highest BCUT2D eigenvalue weighted by atomic mass is 19.4. The molecule has 1 aliphatic rings. The summed E-state index contributed by atoms with van der Waals surface area (Å²) in [7, 11) is 0. The zero-order valence-electron chi connectivity index (χ0n) is 15.2. The third kappa shape index (κ3) is 5.82. The highest BCUT2D eigenvalue weighted by Crippen LogP contribution is 2.31. The average molecular weight is 369 g/mol. The van der Waals surface area contributed by atoms with E-state index in [1.54, 1.807) is 12.3 Å². The fourth-order valence-corrected chi connectivity index (χ4v) is 2.54. The van der Waals surface area contributed by atoms with Crippen LogP contribution in [0.5, 0.6) is 0 Å². The van der Waals surface area contributed by atoms with Gasteiger partial charge in [-0.3, -0.25) is 0 Å². The minimum atomic E-state index is -4.51. The van der Waals surface area contributed by atoms with E-state index in [1.165, 1.54) is 0 Å². The van der Waals surface area contributed by atoms with E-state index in [4.69, 9.17) is 10.5 Å². The predicted octanol–water partition coefficient (Wildman–Crippen LogP) is 4.86. The van der Waals surface area contributed by atoms with Crippen LogP contribution < -0.4 is 10.6 Å². The van der Waals surface area contributed by atoms with Crippen molar-refractivity contribution in [2.45, 2.75) is 39.0 Å². The third-order valence-electron chi connectivity index (χ3n) is 3.79. The molecule has 0 amide bonds. The van der Waals surface area contributed by atoms with Crippen molar-refractivity contribution in [1.82, 2.24) is 4.98 Å². The summed E-state index contributed by atoms with van der Waals surface area (Å²) in [5, 5.41) is 0. The molecule has 0 atom stereocenters. The van der Waals surface area contributed by atoms with Crippen molar-refractivity contribution in [1.29, 1.82) is 0 Å². The van der Waals surface area contributed by atoms with Gasteiger partial charge in [0, 0.05) is 25.9 Å². The number of piperidine rings is 1. The van der Waals surface area contributed by atoms with Crippen molar-refractivity contribution < 1.29 is 17.9 Å². The second kappa shape index (κ2) is 9.89. The van der Waals surface area contributed by atoms with E-state index in [9.17, 15) is 13.2 Å². The van der Waals surface area contributed by atoms with Gasteiger partial charge in [0.1, 0.15) is 17.7 Å². The first-order valence-corrected chi connectivity index (χ1v) is 8.54. The van der Waals surface area contributed by atoms with Gasteiger partial charge in [-0.25, -0.2) is 4.98 Å². The van der Waals surface area contributed by atoms with E-state index >= 15 is 0 Å². The van der Waals surface area contributed by atoms with Crippen LogP contribution in [-0.2, 0) is 4.74 Å². The quantitative estimate of drug-likeness (QED) is 0.595. The van der Waals surface area contributed by atoms with Gasteiger partial charge in [0.2, 0.25) is 0 Å². The summed E-state index contributed by atoms with van der Waals surface area (Å²) >= 11 is 0. The Bertz CT molecular complexity index is 616. The Kier molecular flexibility index (Phi) is 8.22. The fourth-order valence-electron chi connectivity index (χ4n) is 2.54. The molecule has 1 aliphatic heterocycles. The van der Waals surface area contributed by atoms with Crippen molar-refractivity contribution in [2.24, 2.45) is 0 Å². The maximum Gasteiger partial charge on any atom is 0.419 e. The lowest BCUT2D eigenvalue weighted by molar-refractivity contribution is -0.0922. The molecule has 1 saturated heterocycles. The number of alkyl halides is 3. The molecule has 0 aromatic carbocycles. The van der Waals surface area contributed by atoms with Gasteiger partial charge in [0.25, 0.3) is 0 Å².